The molecule has 0 bridgehead atoms. The number of amides is 6. The second-order valence-corrected chi connectivity index (χ2v) is 22.5. The van der Waals surface area contributed by atoms with E-state index in [0.717, 1.165) is 47.1 Å². The van der Waals surface area contributed by atoms with Crippen LogP contribution in [0.25, 0.3) is 0 Å². The molecule has 0 aromatic heterocycles. The molecule has 3 fully saturated rings. The van der Waals surface area contributed by atoms with Gasteiger partial charge in [0.15, 0.2) is 0 Å². The monoisotopic (exact) mass is 1230 g/mol. The normalized spacial score (nSPS) is 22.1. The molecule has 458 valence electrons. The van der Waals surface area contributed by atoms with Crippen molar-refractivity contribution in [2.45, 2.75) is 108 Å². The van der Waals surface area contributed by atoms with Gasteiger partial charge in [0.25, 0.3) is 5.91 Å². The number of benzene rings is 4. The summed E-state index contributed by atoms with van der Waals surface area (Å²) in [6.45, 7) is 12.4. The fourth-order valence-corrected chi connectivity index (χ4v) is 11.8. The third-order valence-electron chi connectivity index (χ3n) is 16.7. The van der Waals surface area contributed by atoms with E-state index >= 15 is 13.6 Å². The second-order valence-electron chi connectivity index (χ2n) is 22.5. The van der Waals surface area contributed by atoms with Crippen LogP contribution in [0.4, 0.5) is 30.2 Å². The number of para-hydroxylation sites is 1. The number of ether oxygens (including phenoxy) is 2. The van der Waals surface area contributed by atoms with Crippen LogP contribution in [0.1, 0.15) is 87.2 Å². The molecule has 0 saturated carbocycles. The van der Waals surface area contributed by atoms with E-state index in [1.54, 1.807) is 44.3 Å². The lowest BCUT2D eigenvalue weighted by Gasteiger charge is -2.44. The van der Waals surface area contributed by atoms with Crippen LogP contribution in [-0.4, -0.2) is 165 Å². The number of rotatable bonds is 19. The number of hydrogen-bond donors (Lipinski definition) is 6. The molecular weight excluding hydrogens is 1150 g/mol. The lowest BCUT2D eigenvalue weighted by Crippen LogP contribution is -2.62. The highest BCUT2D eigenvalue weighted by Crippen LogP contribution is 2.41. The van der Waals surface area contributed by atoms with Gasteiger partial charge in [0, 0.05) is 94.9 Å². The van der Waals surface area contributed by atoms with Crippen molar-refractivity contribution < 1.29 is 51.4 Å². The van der Waals surface area contributed by atoms with Crippen molar-refractivity contribution in [1.29, 1.82) is 0 Å². The number of piperazine rings is 1. The first kappa shape index (κ1) is 67.2. The van der Waals surface area contributed by atoms with Gasteiger partial charge in [0.1, 0.15) is 35.2 Å². The topological polar surface area (TPSA) is 206 Å². The molecule has 7 atom stereocenters. The van der Waals surface area contributed by atoms with Crippen LogP contribution in [0.3, 0.4) is 0 Å². The predicted octanol–water partition coefficient (Wildman–Crippen LogP) is 6.34. The minimum absolute atomic E-state index is 0. The number of nitrogens with zero attached hydrogens (tertiary/aromatic N) is 4. The quantitative estimate of drug-likeness (QED) is 0.0607. The summed E-state index contributed by atoms with van der Waals surface area (Å²) in [7, 11) is 1.62. The number of anilines is 3. The molecule has 5 heterocycles. The van der Waals surface area contributed by atoms with Crippen molar-refractivity contribution in [3.05, 3.63) is 124 Å². The van der Waals surface area contributed by atoms with E-state index in [2.05, 4.69) is 55.5 Å². The number of imide groups is 1. The predicted molar refractivity (Wildman–Crippen MR) is 321 cm³/mol. The van der Waals surface area contributed by atoms with E-state index in [9.17, 15) is 28.4 Å². The SMILES string of the molecule is CN[C@@H](C)C(=O)N[C@H](C(=O)N1Cc2ccc(NC(=O)CCCN(C(=O)CN3C[C@@H](C)NC[C@@H]3CN3CCOC[C@H]3C)C(=O)[C@]3(C)CNc4cc(Cc5ccc(F)cc5)ccc43)cc2[C@H]1C(=O)Nc1c(F)cccc1F)C1CCOCC1.Cl.Cl.Cl. The smallest absolute Gasteiger partial charge is 0.252 e. The van der Waals surface area contributed by atoms with Gasteiger partial charge in [0.2, 0.25) is 29.5 Å². The average Bonchev–Trinajstić information content (AvgIpc) is 3.60. The molecule has 18 nitrogen and oxygen atoms in total. The van der Waals surface area contributed by atoms with Gasteiger partial charge in [-0.15, -0.1) is 37.2 Å². The number of morpholine rings is 1. The Bertz CT molecular complexity index is 2960. The van der Waals surface area contributed by atoms with Crippen molar-refractivity contribution in [2.24, 2.45) is 5.92 Å². The van der Waals surface area contributed by atoms with Gasteiger partial charge in [-0.05, 0) is 137 Å². The van der Waals surface area contributed by atoms with Gasteiger partial charge in [-0.1, -0.05) is 36.4 Å². The van der Waals surface area contributed by atoms with Crippen molar-refractivity contribution in [1.82, 2.24) is 35.6 Å². The fourth-order valence-electron chi connectivity index (χ4n) is 11.8. The van der Waals surface area contributed by atoms with Crippen LogP contribution >= 0.6 is 37.2 Å². The zero-order chi connectivity index (χ0) is 57.5. The maximum absolute atomic E-state index is 15.2. The lowest BCUT2D eigenvalue weighted by molar-refractivity contribution is -0.149. The standard InChI is InChI=1S/C60H75F3N10O8.3ClH/c1-36-30-71(45(29-65-36)32-70-22-25-81-34-37(70)2)33-52(75)72(59(79)60(4)35-66-50-27-40(13-18-47(50)60)26-39-11-15-43(61)16-12-39)21-7-10-51(74)67-44-17-14-42-31-73(55(46(42)28-44)57(77)69-54-48(62)8-6-9-49(54)63)58(78)53(41-19-23-80-24-20-41)68-56(76)38(3)64-5;;;/h6,8-9,11-18,27-28,36-38,41,45,53,55,64-66H,7,10,19-26,29-35H2,1-5H3,(H,67,74)(H,68,76)(H,69,77);3*1H/t36-,37-,38+,45-,53+,55+,60-;;;/m1.../s1. The summed E-state index contributed by atoms with van der Waals surface area (Å²) < 4.78 is 55.1. The molecule has 0 unspecified atom stereocenters. The maximum atomic E-state index is 15.2. The molecular formula is C60H78Cl3F3N10O8. The van der Waals surface area contributed by atoms with Crippen LogP contribution in [0.5, 0.6) is 0 Å². The maximum Gasteiger partial charge on any atom is 0.252 e. The fraction of sp³-hybridized carbons (Fsp3) is 0.500. The number of likely N-dealkylation sites (N-methyl/N-ethyl adjacent to an activating group) is 1. The third kappa shape index (κ3) is 15.6. The highest BCUT2D eigenvalue weighted by atomic mass is 35.5. The van der Waals surface area contributed by atoms with E-state index in [-0.39, 0.29) is 118 Å². The van der Waals surface area contributed by atoms with Gasteiger partial charge >= 0.3 is 0 Å². The Morgan fingerprint density at radius 1 is 0.857 bits per heavy atom. The molecule has 9 rings (SSSR count). The Morgan fingerprint density at radius 2 is 1.57 bits per heavy atom. The Morgan fingerprint density at radius 3 is 2.27 bits per heavy atom. The molecule has 4 aromatic rings. The van der Waals surface area contributed by atoms with Crippen molar-refractivity contribution >= 4 is 89.7 Å². The molecule has 0 radical (unpaired) electrons. The molecule has 84 heavy (non-hydrogen) atoms. The van der Waals surface area contributed by atoms with Crippen molar-refractivity contribution in [3.63, 3.8) is 0 Å². The van der Waals surface area contributed by atoms with Gasteiger partial charge in [0.05, 0.1) is 31.2 Å². The number of halogens is 6. The molecule has 24 heteroatoms. The minimum Gasteiger partial charge on any atom is -0.383 e. The van der Waals surface area contributed by atoms with Gasteiger partial charge in [-0.25, -0.2) is 13.2 Å². The van der Waals surface area contributed by atoms with Crippen LogP contribution in [0, 0.1) is 23.4 Å². The first-order valence-corrected chi connectivity index (χ1v) is 28.2. The molecule has 0 aliphatic carbocycles. The van der Waals surface area contributed by atoms with Gasteiger partial charge in [-0.3, -0.25) is 43.5 Å². The molecule has 0 spiro atoms. The molecule has 4 aromatic carbocycles. The van der Waals surface area contributed by atoms with Crippen molar-refractivity contribution in [2.75, 3.05) is 95.2 Å². The molecule has 6 amide bonds. The Balaban J connectivity index is 0.00000377. The zero-order valence-electron chi connectivity index (χ0n) is 48.0. The van der Waals surface area contributed by atoms with E-state index in [1.807, 2.05) is 25.1 Å². The van der Waals surface area contributed by atoms with Crippen LogP contribution in [0.2, 0.25) is 0 Å². The number of carbonyl (C=O) groups excluding carboxylic acids is 6. The van der Waals surface area contributed by atoms with Gasteiger partial charge in [-0.2, -0.15) is 0 Å². The number of fused-ring (bicyclic) bond motifs is 2. The molecule has 5 aliphatic rings. The Kier molecular flexibility index (Phi) is 24.0. The van der Waals surface area contributed by atoms with Crippen LogP contribution in [-0.2, 0) is 56.6 Å². The summed E-state index contributed by atoms with van der Waals surface area (Å²) in [4.78, 5) is 93.8. The van der Waals surface area contributed by atoms with E-state index in [4.69, 9.17) is 9.47 Å². The van der Waals surface area contributed by atoms with Crippen molar-refractivity contribution in [3.8, 4) is 0 Å². The highest BCUT2D eigenvalue weighted by molar-refractivity contribution is 6.04. The summed E-state index contributed by atoms with van der Waals surface area (Å²) >= 11 is 0. The Labute approximate surface area is 507 Å². The minimum atomic E-state index is -1.44. The third-order valence-corrected chi connectivity index (χ3v) is 16.7. The first-order valence-electron chi connectivity index (χ1n) is 28.2. The summed E-state index contributed by atoms with van der Waals surface area (Å²) in [5.41, 5.74) is 2.62. The number of hydrogen-bond acceptors (Lipinski definition) is 13. The molecule has 6 N–H and O–H groups in total. The largest absolute Gasteiger partial charge is 0.383 e. The zero-order valence-corrected chi connectivity index (χ0v) is 50.4. The summed E-state index contributed by atoms with van der Waals surface area (Å²) in [6, 6.07) is 17.2. The van der Waals surface area contributed by atoms with E-state index < -0.39 is 70.4 Å². The van der Waals surface area contributed by atoms with Crippen LogP contribution < -0.4 is 31.9 Å². The number of carbonyl (C=O) groups is 6. The molecule has 3 saturated heterocycles. The second kappa shape index (κ2) is 30.0. The van der Waals surface area contributed by atoms with E-state index in [1.165, 1.54) is 21.9 Å². The molecule has 5 aliphatic heterocycles. The Hall–Kier alpha value is -5.88. The lowest BCUT2D eigenvalue weighted by atomic mass is 9.82. The van der Waals surface area contributed by atoms with E-state index in [0.29, 0.717) is 76.5 Å². The average molecular weight is 1230 g/mol. The number of nitrogens with one attached hydrogen (secondary N) is 6. The summed E-state index contributed by atoms with van der Waals surface area (Å²) in [5.74, 6) is -5.88. The summed E-state index contributed by atoms with van der Waals surface area (Å²) in [5, 5.41) is 18.0. The highest BCUT2D eigenvalue weighted by Gasteiger charge is 2.47. The van der Waals surface area contributed by atoms with Crippen LogP contribution in [0.15, 0.2) is 78.9 Å². The summed E-state index contributed by atoms with van der Waals surface area (Å²) in [6.07, 6.45) is 1.44. The first-order chi connectivity index (χ1) is 38.9. The van der Waals surface area contributed by atoms with Gasteiger partial charge < -0.3 is 46.3 Å².